The number of aliphatic imine (C=N–C) groups is 2. The lowest BCUT2D eigenvalue weighted by molar-refractivity contribution is 0.210. The molecule has 1 aliphatic carbocycles. The van der Waals surface area contributed by atoms with Crippen molar-refractivity contribution in [2.24, 2.45) is 15.4 Å². The predicted octanol–water partition coefficient (Wildman–Crippen LogP) is 5.19. The summed E-state index contributed by atoms with van der Waals surface area (Å²) in [6.45, 7) is 1.66. The van der Waals surface area contributed by atoms with Gasteiger partial charge in [-0.2, -0.15) is 0 Å². The Bertz CT molecular complexity index is 712. The van der Waals surface area contributed by atoms with Crippen molar-refractivity contribution in [2.45, 2.75) is 32.1 Å². The number of methoxy groups -OCH3 is 2. The van der Waals surface area contributed by atoms with Crippen LogP contribution in [-0.2, 0) is 0 Å². The van der Waals surface area contributed by atoms with Crippen LogP contribution >= 0.6 is 0 Å². The number of rotatable bonds is 8. The molecule has 1 aliphatic rings. The van der Waals surface area contributed by atoms with E-state index < -0.39 is 0 Å². The van der Waals surface area contributed by atoms with E-state index in [-0.39, 0.29) is 5.41 Å². The average molecular weight is 379 g/mol. The maximum Gasteiger partial charge on any atom is 0.118 e. The monoisotopic (exact) mass is 378 g/mol. The molecule has 0 bridgehead atoms. The Morgan fingerprint density at radius 3 is 1.54 bits per heavy atom. The lowest BCUT2D eigenvalue weighted by atomic mass is 9.74. The molecule has 0 N–H and O–H groups in total. The van der Waals surface area contributed by atoms with E-state index in [4.69, 9.17) is 19.5 Å². The maximum absolute atomic E-state index is 5.21. The van der Waals surface area contributed by atoms with Crippen LogP contribution in [0.1, 0.15) is 43.2 Å². The van der Waals surface area contributed by atoms with Gasteiger partial charge in [-0.25, -0.2) is 0 Å². The highest BCUT2D eigenvalue weighted by molar-refractivity contribution is 5.80. The van der Waals surface area contributed by atoms with E-state index >= 15 is 0 Å². The zero-order valence-electron chi connectivity index (χ0n) is 16.9. The van der Waals surface area contributed by atoms with Crippen LogP contribution in [0.5, 0.6) is 11.5 Å². The Labute approximate surface area is 168 Å². The van der Waals surface area contributed by atoms with Gasteiger partial charge in [0, 0.05) is 30.9 Å². The van der Waals surface area contributed by atoms with Gasteiger partial charge in [0.25, 0.3) is 0 Å². The summed E-state index contributed by atoms with van der Waals surface area (Å²) in [5, 5.41) is 0. The molecule has 0 radical (unpaired) electrons. The summed E-state index contributed by atoms with van der Waals surface area (Å²) < 4.78 is 10.4. The third kappa shape index (κ3) is 5.69. The molecule has 0 atom stereocenters. The number of ether oxygens (including phenoxy) is 2. The minimum absolute atomic E-state index is 0.185. The second kappa shape index (κ2) is 10.1. The summed E-state index contributed by atoms with van der Waals surface area (Å²) in [6.07, 6.45) is 10.2. The standard InChI is InChI=1S/C24H30N2O2/c1-27-22-10-6-20(7-11-22)16-25-18-24(14-4-3-5-15-24)19-26-17-21-8-12-23(28-2)13-9-21/h6-13,16-17H,3-5,14-15,18-19H2,1-2H3. The Morgan fingerprint density at radius 2 is 1.14 bits per heavy atom. The summed E-state index contributed by atoms with van der Waals surface area (Å²) in [4.78, 5) is 9.57. The van der Waals surface area contributed by atoms with Gasteiger partial charge in [-0.05, 0) is 72.5 Å². The molecule has 0 spiro atoms. The number of benzene rings is 2. The van der Waals surface area contributed by atoms with Crippen molar-refractivity contribution in [3.05, 3.63) is 59.7 Å². The first-order valence-electron chi connectivity index (χ1n) is 10.0. The van der Waals surface area contributed by atoms with Crippen molar-refractivity contribution in [2.75, 3.05) is 27.3 Å². The second-order valence-electron chi connectivity index (χ2n) is 7.55. The molecule has 2 aromatic rings. The van der Waals surface area contributed by atoms with Gasteiger partial charge >= 0.3 is 0 Å². The van der Waals surface area contributed by atoms with E-state index in [0.717, 1.165) is 35.7 Å². The van der Waals surface area contributed by atoms with Crippen molar-refractivity contribution in [1.29, 1.82) is 0 Å². The highest BCUT2D eigenvalue weighted by Crippen LogP contribution is 2.37. The lowest BCUT2D eigenvalue weighted by Gasteiger charge is -2.34. The largest absolute Gasteiger partial charge is 0.497 e. The summed E-state index contributed by atoms with van der Waals surface area (Å²) in [5.74, 6) is 1.74. The molecule has 0 amide bonds. The quantitative estimate of drug-likeness (QED) is 0.593. The fourth-order valence-electron chi connectivity index (χ4n) is 3.74. The zero-order chi connectivity index (χ0) is 19.7. The molecule has 2 aromatic carbocycles. The van der Waals surface area contributed by atoms with E-state index in [1.807, 2.05) is 61.0 Å². The molecule has 148 valence electrons. The van der Waals surface area contributed by atoms with Gasteiger partial charge < -0.3 is 9.47 Å². The van der Waals surface area contributed by atoms with Crippen LogP contribution in [0.4, 0.5) is 0 Å². The van der Waals surface area contributed by atoms with Crippen LogP contribution in [0.2, 0.25) is 0 Å². The predicted molar refractivity (Wildman–Crippen MR) is 116 cm³/mol. The fraction of sp³-hybridized carbons (Fsp3) is 0.417. The maximum atomic E-state index is 5.21. The average Bonchev–Trinajstić information content (AvgIpc) is 2.75. The van der Waals surface area contributed by atoms with E-state index in [9.17, 15) is 0 Å². The van der Waals surface area contributed by atoms with Gasteiger partial charge in [0.2, 0.25) is 0 Å². The van der Waals surface area contributed by atoms with Crippen molar-refractivity contribution >= 4 is 12.4 Å². The molecule has 3 rings (SSSR count). The third-order valence-electron chi connectivity index (χ3n) is 5.48. The SMILES string of the molecule is COc1ccc(C=NCC2(CN=Cc3ccc(OC)cc3)CCCCC2)cc1. The van der Waals surface area contributed by atoms with Crippen molar-refractivity contribution in [3.63, 3.8) is 0 Å². The van der Waals surface area contributed by atoms with E-state index in [1.165, 1.54) is 32.1 Å². The van der Waals surface area contributed by atoms with Gasteiger partial charge in [-0.1, -0.05) is 19.3 Å². The van der Waals surface area contributed by atoms with Gasteiger partial charge in [0.15, 0.2) is 0 Å². The lowest BCUT2D eigenvalue weighted by Crippen LogP contribution is -2.31. The Hall–Kier alpha value is -2.62. The fourth-order valence-corrected chi connectivity index (χ4v) is 3.74. The van der Waals surface area contributed by atoms with Crippen molar-refractivity contribution in [3.8, 4) is 11.5 Å². The highest BCUT2D eigenvalue weighted by atomic mass is 16.5. The normalized spacial score (nSPS) is 16.5. The number of nitrogens with zero attached hydrogens (tertiary/aromatic N) is 2. The number of hydrogen-bond acceptors (Lipinski definition) is 4. The Balaban J connectivity index is 1.62. The molecule has 0 aromatic heterocycles. The summed E-state index contributed by atoms with van der Waals surface area (Å²) in [5.41, 5.74) is 2.39. The minimum Gasteiger partial charge on any atom is -0.497 e. The van der Waals surface area contributed by atoms with Crippen LogP contribution < -0.4 is 9.47 Å². The zero-order valence-corrected chi connectivity index (χ0v) is 16.9. The molecule has 0 heterocycles. The first-order valence-corrected chi connectivity index (χ1v) is 10.0. The van der Waals surface area contributed by atoms with Crippen molar-refractivity contribution < 1.29 is 9.47 Å². The molecular formula is C24H30N2O2. The van der Waals surface area contributed by atoms with Gasteiger partial charge in [-0.15, -0.1) is 0 Å². The third-order valence-corrected chi connectivity index (χ3v) is 5.48. The molecular weight excluding hydrogens is 348 g/mol. The topological polar surface area (TPSA) is 43.2 Å². The summed E-state index contributed by atoms with van der Waals surface area (Å²) in [6, 6.07) is 16.0. The first-order chi connectivity index (χ1) is 13.7. The molecule has 4 nitrogen and oxygen atoms in total. The Morgan fingerprint density at radius 1 is 0.714 bits per heavy atom. The highest BCUT2D eigenvalue weighted by Gasteiger charge is 2.31. The molecule has 1 saturated carbocycles. The van der Waals surface area contributed by atoms with Crippen LogP contribution in [0.25, 0.3) is 0 Å². The molecule has 28 heavy (non-hydrogen) atoms. The molecule has 0 unspecified atom stereocenters. The molecule has 0 saturated heterocycles. The first kappa shape index (κ1) is 20.1. The minimum atomic E-state index is 0.185. The van der Waals surface area contributed by atoms with Crippen molar-refractivity contribution in [1.82, 2.24) is 0 Å². The van der Waals surface area contributed by atoms with Crippen LogP contribution in [0.3, 0.4) is 0 Å². The van der Waals surface area contributed by atoms with Gasteiger partial charge in [0.05, 0.1) is 14.2 Å². The second-order valence-corrected chi connectivity index (χ2v) is 7.55. The van der Waals surface area contributed by atoms with Crippen LogP contribution in [0, 0.1) is 5.41 Å². The van der Waals surface area contributed by atoms with E-state index in [0.29, 0.717) is 0 Å². The Kier molecular flexibility index (Phi) is 7.24. The smallest absolute Gasteiger partial charge is 0.118 e. The number of hydrogen-bond donors (Lipinski definition) is 0. The molecule has 0 aliphatic heterocycles. The summed E-state index contributed by atoms with van der Waals surface area (Å²) in [7, 11) is 3.37. The van der Waals surface area contributed by atoms with Gasteiger partial charge in [0.1, 0.15) is 11.5 Å². The van der Waals surface area contributed by atoms with Crippen LogP contribution in [0.15, 0.2) is 58.5 Å². The van der Waals surface area contributed by atoms with E-state index in [2.05, 4.69) is 0 Å². The molecule has 4 heteroatoms. The van der Waals surface area contributed by atoms with E-state index in [1.54, 1.807) is 14.2 Å². The van der Waals surface area contributed by atoms with Crippen LogP contribution in [-0.4, -0.2) is 39.7 Å². The molecule has 1 fully saturated rings. The van der Waals surface area contributed by atoms with Gasteiger partial charge in [-0.3, -0.25) is 9.98 Å². The summed E-state index contributed by atoms with van der Waals surface area (Å²) >= 11 is 0.